The summed E-state index contributed by atoms with van der Waals surface area (Å²) < 4.78 is 10.9. The minimum absolute atomic E-state index is 0.0556. The summed E-state index contributed by atoms with van der Waals surface area (Å²) >= 11 is 0. The lowest BCUT2D eigenvalue weighted by Gasteiger charge is -2.20. The van der Waals surface area contributed by atoms with Crippen LogP contribution in [0.1, 0.15) is 32.6 Å². The minimum atomic E-state index is -0.0556. The van der Waals surface area contributed by atoms with Gasteiger partial charge in [-0.3, -0.25) is 0 Å². The Labute approximate surface area is 79.4 Å². The molecule has 1 saturated heterocycles. The van der Waals surface area contributed by atoms with E-state index in [1.165, 1.54) is 0 Å². The predicted octanol–water partition coefficient (Wildman–Crippen LogP) is 1.75. The zero-order valence-electron chi connectivity index (χ0n) is 8.20. The summed E-state index contributed by atoms with van der Waals surface area (Å²) in [6.45, 7) is 3.54. The number of rotatable bonds is 6. The second-order valence-electron chi connectivity index (χ2n) is 3.40. The van der Waals surface area contributed by atoms with Gasteiger partial charge in [0.2, 0.25) is 0 Å². The number of hydrogen-bond acceptors (Lipinski definition) is 3. The maximum Gasteiger partial charge on any atom is 0.160 e. The van der Waals surface area contributed by atoms with Crippen LogP contribution in [0.25, 0.3) is 0 Å². The first kappa shape index (κ1) is 10.7. The lowest BCUT2D eigenvalue weighted by Crippen LogP contribution is -2.21. The molecule has 0 amide bonds. The molecule has 0 aromatic rings. The Morgan fingerprint density at radius 2 is 2.08 bits per heavy atom. The van der Waals surface area contributed by atoms with Gasteiger partial charge in [-0.15, -0.1) is 0 Å². The van der Waals surface area contributed by atoms with Crippen molar-refractivity contribution in [2.45, 2.75) is 38.9 Å². The second kappa shape index (κ2) is 6.11. The van der Waals surface area contributed by atoms with Gasteiger partial charge in [0.25, 0.3) is 0 Å². The van der Waals surface area contributed by atoms with Crippen LogP contribution < -0.4 is 0 Å². The molecule has 0 N–H and O–H groups in total. The standard InChI is InChI=1S/C10H18O3/c1-2-4-9(5-3-6-11)10-12-7-8-13-10/h6,9-10H,2-5,7-8H2,1H3. The first-order valence-corrected chi connectivity index (χ1v) is 5.05. The molecule has 1 aliphatic heterocycles. The predicted molar refractivity (Wildman–Crippen MR) is 49.4 cm³/mol. The number of aldehydes is 1. The van der Waals surface area contributed by atoms with Crippen molar-refractivity contribution in [3.05, 3.63) is 0 Å². The van der Waals surface area contributed by atoms with Gasteiger partial charge in [-0.25, -0.2) is 0 Å². The molecule has 76 valence electrons. The van der Waals surface area contributed by atoms with E-state index in [0.717, 1.165) is 25.5 Å². The number of hydrogen-bond donors (Lipinski definition) is 0. The Hall–Kier alpha value is -0.410. The summed E-state index contributed by atoms with van der Waals surface area (Å²) in [5.74, 6) is 0.401. The molecular weight excluding hydrogens is 168 g/mol. The lowest BCUT2D eigenvalue weighted by atomic mass is 9.98. The zero-order chi connectivity index (χ0) is 9.52. The highest BCUT2D eigenvalue weighted by molar-refractivity contribution is 5.49. The van der Waals surface area contributed by atoms with E-state index in [2.05, 4.69) is 6.92 Å². The van der Waals surface area contributed by atoms with E-state index in [4.69, 9.17) is 9.47 Å². The van der Waals surface area contributed by atoms with E-state index < -0.39 is 0 Å². The van der Waals surface area contributed by atoms with Crippen molar-refractivity contribution in [2.75, 3.05) is 13.2 Å². The van der Waals surface area contributed by atoms with Crippen LogP contribution in [0.5, 0.6) is 0 Å². The lowest BCUT2D eigenvalue weighted by molar-refractivity contribution is -0.110. The average molecular weight is 186 g/mol. The minimum Gasteiger partial charge on any atom is -0.350 e. The van der Waals surface area contributed by atoms with Crippen LogP contribution in [-0.2, 0) is 14.3 Å². The molecule has 0 aromatic carbocycles. The van der Waals surface area contributed by atoms with Gasteiger partial charge in [0.15, 0.2) is 6.29 Å². The van der Waals surface area contributed by atoms with E-state index in [-0.39, 0.29) is 6.29 Å². The van der Waals surface area contributed by atoms with E-state index in [1.54, 1.807) is 0 Å². The molecule has 1 unspecified atom stereocenters. The Morgan fingerprint density at radius 1 is 1.38 bits per heavy atom. The molecular formula is C10H18O3. The van der Waals surface area contributed by atoms with Gasteiger partial charge in [0.1, 0.15) is 6.29 Å². The summed E-state index contributed by atoms with van der Waals surface area (Å²) in [6.07, 6.45) is 4.62. The van der Waals surface area contributed by atoms with Crippen LogP contribution >= 0.6 is 0 Å². The van der Waals surface area contributed by atoms with Gasteiger partial charge in [-0.2, -0.15) is 0 Å². The van der Waals surface area contributed by atoms with Gasteiger partial charge in [0.05, 0.1) is 13.2 Å². The Balaban J connectivity index is 2.30. The molecule has 1 aliphatic rings. The van der Waals surface area contributed by atoms with Crippen molar-refractivity contribution in [1.82, 2.24) is 0 Å². The highest BCUT2D eigenvalue weighted by Crippen LogP contribution is 2.23. The van der Waals surface area contributed by atoms with E-state index in [1.807, 2.05) is 0 Å². The fourth-order valence-corrected chi connectivity index (χ4v) is 1.72. The highest BCUT2D eigenvalue weighted by atomic mass is 16.7. The van der Waals surface area contributed by atoms with Crippen LogP contribution in [0.3, 0.4) is 0 Å². The SMILES string of the molecule is CCCC(CCC=O)C1OCCO1. The van der Waals surface area contributed by atoms with Crippen LogP contribution in [0.15, 0.2) is 0 Å². The van der Waals surface area contributed by atoms with Crippen molar-refractivity contribution in [1.29, 1.82) is 0 Å². The molecule has 3 heteroatoms. The molecule has 1 fully saturated rings. The summed E-state index contributed by atoms with van der Waals surface area (Å²) in [5, 5.41) is 0. The molecule has 0 aromatic heterocycles. The fraction of sp³-hybridized carbons (Fsp3) is 0.900. The van der Waals surface area contributed by atoms with Crippen molar-refractivity contribution in [3.8, 4) is 0 Å². The molecule has 3 nitrogen and oxygen atoms in total. The monoisotopic (exact) mass is 186 g/mol. The third kappa shape index (κ3) is 3.44. The van der Waals surface area contributed by atoms with Gasteiger partial charge in [-0.05, 0) is 12.8 Å². The molecule has 0 spiro atoms. The fourth-order valence-electron chi connectivity index (χ4n) is 1.72. The molecule has 1 rings (SSSR count). The molecule has 1 heterocycles. The van der Waals surface area contributed by atoms with E-state index in [9.17, 15) is 4.79 Å². The van der Waals surface area contributed by atoms with Crippen LogP contribution in [-0.4, -0.2) is 25.8 Å². The smallest absolute Gasteiger partial charge is 0.160 e. The second-order valence-corrected chi connectivity index (χ2v) is 3.40. The Kier molecular flexibility index (Phi) is 5.01. The summed E-state index contributed by atoms with van der Waals surface area (Å²) in [7, 11) is 0. The van der Waals surface area contributed by atoms with Crippen LogP contribution in [0.2, 0.25) is 0 Å². The van der Waals surface area contributed by atoms with E-state index >= 15 is 0 Å². The topological polar surface area (TPSA) is 35.5 Å². The van der Waals surface area contributed by atoms with Gasteiger partial charge >= 0.3 is 0 Å². The molecule has 1 atom stereocenters. The molecule has 13 heavy (non-hydrogen) atoms. The Bertz CT molecular complexity index is 141. The van der Waals surface area contributed by atoms with E-state index in [0.29, 0.717) is 25.6 Å². The van der Waals surface area contributed by atoms with Gasteiger partial charge in [0, 0.05) is 12.3 Å². The summed E-state index contributed by atoms with van der Waals surface area (Å²) in [5.41, 5.74) is 0. The van der Waals surface area contributed by atoms with Crippen LogP contribution in [0.4, 0.5) is 0 Å². The highest BCUT2D eigenvalue weighted by Gasteiger charge is 2.25. The van der Waals surface area contributed by atoms with Crippen molar-refractivity contribution < 1.29 is 14.3 Å². The first-order chi connectivity index (χ1) is 6.38. The van der Waals surface area contributed by atoms with Crippen molar-refractivity contribution >= 4 is 6.29 Å². The molecule has 0 saturated carbocycles. The largest absolute Gasteiger partial charge is 0.350 e. The van der Waals surface area contributed by atoms with Crippen LogP contribution in [0, 0.1) is 5.92 Å². The maximum absolute atomic E-state index is 10.2. The third-order valence-electron chi connectivity index (χ3n) is 2.35. The third-order valence-corrected chi connectivity index (χ3v) is 2.35. The van der Waals surface area contributed by atoms with Gasteiger partial charge in [-0.1, -0.05) is 13.3 Å². The zero-order valence-corrected chi connectivity index (χ0v) is 8.20. The number of carbonyl (C=O) groups is 1. The molecule has 0 bridgehead atoms. The summed E-state index contributed by atoms with van der Waals surface area (Å²) in [6, 6.07) is 0. The molecule has 0 aliphatic carbocycles. The van der Waals surface area contributed by atoms with Crippen molar-refractivity contribution in [2.24, 2.45) is 5.92 Å². The first-order valence-electron chi connectivity index (χ1n) is 5.05. The Morgan fingerprint density at radius 3 is 2.62 bits per heavy atom. The number of ether oxygens (including phenoxy) is 2. The number of carbonyl (C=O) groups excluding carboxylic acids is 1. The van der Waals surface area contributed by atoms with Crippen molar-refractivity contribution in [3.63, 3.8) is 0 Å². The normalized spacial score (nSPS) is 20.4. The average Bonchev–Trinajstić information content (AvgIpc) is 2.65. The van der Waals surface area contributed by atoms with Gasteiger partial charge < -0.3 is 14.3 Å². The molecule has 0 radical (unpaired) electrons. The summed E-state index contributed by atoms with van der Waals surface area (Å²) in [4.78, 5) is 10.2. The quantitative estimate of drug-likeness (QED) is 0.593. The maximum atomic E-state index is 10.2.